The van der Waals surface area contributed by atoms with Crippen molar-refractivity contribution < 1.29 is 4.79 Å². The number of rotatable bonds is 4. The quantitative estimate of drug-likeness (QED) is 0.688. The average molecular weight is 278 g/mol. The van der Waals surface area contributed by atoms with E-state index in [1.807, 2.05) is 37.3 Å². The van der Waals surface area contributed by atoms with Gasteiger partial charge in [0, 0.05) is 18.0 Å². The van der Waals surface area contributed by atoms with Gasteiger partial charge in [-0.2, -0.15) is 0 Å². The Morgan fingerprint density at radius 2 is 1.95 bits per heavy atom. The van der Waals surface area contributed by atoms with E-state index in [9.17, 15) is 4.79 Å². The van der Waals surface area contributed by atoms with Gasteiger partial charge < -0.3 is 0 Å². The topological polar surface area (TPSA) is 60.7 Å². The van der Waals surface area contributed by atoms with E-state index in [1.165, 1.54) is 6.20 Å². The molecule has 3 rings (SSSR count). The molecule has 21 heavy (non-hydrogen) atoms. The highest BCUT2D eigenvalue weighted by atomic mass is 16.1. The van der Waals surface area contributed by atoms with Crippen LogP contribution >= 0.6 is 0 Å². The molecule has 0 spiro atoms. The molecule has 0 fully saturated rings. The van der Waals surface area contributed by atoms with Gasteiger partial charge >= 0.3 is 0 Å². The first kappa shape index (κ1) is 13.2. The van der Waals surface area contributed by atoms with Crippen LogP contribution in [0.25, 0.3) is 5.69 Å². The summed E-state index contributed by atoms with van der Waals surface area (Å²) < 4.78 is 1.56. The van der Waals surface area contributed by atoms with E-state index < -0.39 is 0 Å². The lowest BCUT2D eigenvalue weighted by Gasteiger charge is -2.08. The second-order valence-corrected chi connectivity index (χ2v) is 4.58. The third kappa shape index (κ3) is 2.45. The number of hydrogen-bond donors (Lipinski definition) is 0. The summed E-state index contributed by atoms with van der Waals surface area (Å²) >= 11 is 0. The Bertz CT molecular complexity index is 765. The lowest BCUT2D eigenvalue weighted by molar-refractivity contribution is 0.103. The zero-order valence-corrected chi connectivity index (χ0v) is 11.6. The van der Waals surface area contributed by atoms with Crippen molar-refractivity contribution in [2.75, 3.05) is 0 Å². The lowest BCUT2D eigenvalue weighted by Crippen LogP contribution is -2.12. The van der Waals surface area contributed by atoms with Crippen LogP contribution in [0.15, 0.2) is 55.0 Å². The van der Waals surface area contributed by atoms with Crippen molar-refractivity contribution in [1.82, 2.24) is 20.0 Å². The summed E-state index contributed by atoms with van der Waals surface area (Å²) in [6.07, 6.45) is 5.60. The first-order chi connectivity index (χ1) is 10.3. The molecule has 5 heteroatoms. The van der Waals surface area contributed by atoms with Gasteiger partial charge in [-0.1, -0.05) is 30.3 Å². The van der Waals surface area contributed by atoms with Crippen molar-refractivity contribution in [1.29, 1.82) is 0 Å². The number of ketones is 1. The highest BCUT2D eigenvalue weighted by Gasteiger charge is 2.18. The van der Waals surface area contributed by atoms with E-state index in [0.29, 0.717) is 11.3 Å². The van der Waals surface area contributed by atoms with Gasteiger partial charge in [-0.3, -0.25) is 9.78 Å². The fraction of sp³-hybridized carbons (Fsp3) is 0.125. The summed E-state index contributed by atoms with van der Waals surface area (Å²) in [5.74, 6) is -0.0943. The summed E-state index contributed by atoms with van der Waals surface area (Å²) in [6, 6.07) is 11.2. The fourth-order valence-electron chi connectivity index (χ4n) is 2.22. The van der Waals surface area contributed by atoms with Gasteiger partial charge in [0.25, 0.3) is 0 Å². The zero-order valence-electron chi connectivity index (χ0n) is 11.6. The molecule has 0 aliphatic carbocycles. The Hall–Kier alpha value is -2.82. The van der Waals surface area contributed by atoms with Crippen LogP contribution in [0.3, 0.4) is 0 Å². The third-order valence-corrected chi connectivity index (χ3v) is 3.31. The molecule has 0 amide bonds. The summed E-state index contributed by atoms with van der Waals surface area (Å²) in [6.45, 7) is 2.00. The molecule has 3 aromatic rings. The number of aromatic nitrogens is 4. The zero-order chi connectivity index (χ0) is 14.7. The average Bonchev–Trinajstić information content (AvgIpc) is 3.04. The fourth-order valence-corrected chi connectivity index (χ4v) is 2.22. The van der Waals surface area contributed by atoms with Crippen LogP contribution in [0.2, 0.25) is 0 Å². The summed E-state index contributed by atoms with van der Waals surface area (Å²) in [5.41, 5.74) is 2.82. The van der Waals surface area contributed by atoms with Crippen molar-refractivity contribution in [3.8, 4) is 5.69 Å². The predicted molar refractivity (Wildman–Crippen MR) is 78.4 cm³/mol. The number of carbonyl (C=O) groups is 1. The maximum Gasteiger partial charge on any atom is 0.213 e. The maximum absolute atomic E-state index is 12.8. The molecule has 0 atom stereocenters. The standard InChI is InChI=1S/C16H14N4O/c1-2-12-10-17-9-8-14(12)16(21)15-11-18-19-20(15)13-6-4-3-5-7-13/h3-11H,2H2,1H3. The van der Waals surface area contributed by atoms with E-state index in [2.05, 4.69) is 15.3 Å². The van der Waals surface area contributed by atoms with Crippen LogP contribution < -0.4 is 0 Å². The van der Waals surface area contributed by atoms with Crippen molar-refractivity contribution in [2.24, 2.45) is 0 Å². The smallest absolute Gasteiger partial charge is 0.213 e. The van der Waals surface area contributed by atoms with Crippen LogP contribution in [-0.2, 0) is 6.42 Å². The SMILES string of the molecule is CCc1cnccc1C(=O)c1cnnn1-c1ccccc1. The Morgan fingerprint density at radius 1 is 1.14 bits per heavy atom. The first-order valence-electron chi connectivity index (χ1n) is 6.75. The minimum atomic E-state index is -0.0943. The number of nitrogens with zero attached hydrogens (tertiary/aromatic N) is 4. The number of pyridine rings is 1. The molecule has 104 valence electrons. The Balaban J connectivity index is 2.06. The Morgan fingerprint density at radius 3 is 2.71 bits per heavy atom. The van der Waals surface area contributed by atoms with Crippen LogP contribution in [-0.4, -0.2) is 25.8 Å². The predicted octanol–water partition coefficient (Wildman–Crippen LogP) is 2.46. The molecule has 0 aliphatic rings. The summed E-state index contributed by atoms with van der Waals surface area (Å²) in [7, 11) is 0. The van der Waals surface area contributed by atoms with Gasteiger partial charge in [-0.25, -0.2) is 4.68 Å². The lowest BCUT2D eigenvalue weighted by atomic mass is 10.0. The molecule has 0 unspecified atom stereocenters. The van der Waals surface area contributed by atoms with Crippen molar-refractivity contribution in [3.63, 3.8) is 0 Å². The van der Waals surface area contributed by atoms with Gasteiger partial charge in [0.15, 0.2) is 0 Å². The van der Waals surface area contributed by atoms with Crippen molar-refractivity contribution >= 4 is 5.78 Å². The van der Waals surface area contributed by atoms with Crippen LogP contribution in [0.1, 0.15) is 28.5 Å². The Kier molecular flexibility index (Phi) is 3.55. The van der Waals surface area contributed by atoms with E-state index in [0.717, 1.165) is 17.7 Å². The molecule has 0 radical (unpaired) electrons. The van der Waals surface area contributed by atoms with Gasteiger partial charge in [0.05, 0.1) is 11.9 Å². The molecular weight excluding hydrogens is 264 g/mol. The number of carbonyl (C=O) groups excluding carboxylic acids is 1. The first-order valence-corrected chi connectivity index (χ1v) is 6.75. The van der Waals surface area contributed by atoms with Gasteiger partial charge in [0.2, 0.25) is 5.78 Å². The van der Waals surface area contributed by atoms with Crippen LogP contribution in [0.4, 0.5) is 0 Å². The number of benzene rings is 1. The van der Waals surface area contributed by atoms with Gasteiger partial charge in [-0.05, 0) is 30.2 Å². The molecule has 0 saturated carbocycles. The van der Waals surface area contributed by atoms with Crippen LogP contribution in [0.5, 0.6) is 0 Å². The van der Waals surface area contributed by atoms with E-state index in [4.69, 9.17) is 0 Å². The third-order valence-electron chi connectivity index (χ3n) is 3.31. The maximum atomic E-state index is 12.8. The number of hydrogen-bond acceptors (Lipinski definition) is 4. The molecule has 0 saturated heterocycles. The highest BCUT2D eigenvalue weighted by molar-refractivity contribution is 6.08. The van der Waals surface area contributed by atoms with Gasteiger partial charge in [-0.15, -0.1) is 5.10 Å². The number of para-hydroxylation sites is 1. The largest absolute Gasteiger partial charge is 0.287 e. The summed E-state index contributed by atoms with van der Waals surface area (Å²) in [5, 5.41) is 7.90. The van der Waals surface area contributed by atoms with Crippen LogP contribution in [0, 0.1) is 0 Å². The minimum absolute atomic E-state index is 0.0943. The second-order valence-electron chi connectivity index (χ2n) is 4.58. The van der Waals surface area contributed by atoms with E-state index in [1.54, 1.807) is 23.1 Å². The summed E-state index contributed by atoms with van der Waals surface area (Å²) in [4.78, 5) is 16.8. The molecule has 1 aromatic carbocycles. The highest BCUT2D eigenvalue weighted by Crippen LogP contribution is 2.16. The van der Waals surface area contributed by atoms with E-state index >= 15 is 0 Å². The normalized spacial score (nSPS) is 10.5. The molecule has 0 aliphatic heterocycles. The van der Waals surface area contributed by atoms with Crippen molar-refractivity contribution in [3.05, 3.63) is 71.8 Å². The molecule has 2 heterocycles. The second kappa shape index (κ2) is 5.66. The molecule has 5 nitrogen and oxygen atoms in total. The van der Waals surface area contributed by atoms with Crippen molar-refractivity contribution in [2.45, 2.75) is 13.3 Å². The molecule has 2 aromatic heterocycles. The molecular formula is C16H14N4O. The molecule has 0 N–H and O–H groups in total. The molecule has 0 bridgehead atoms. The minimum Gasteiger partial charge on any atom is -0.287 e. The monoisotopic (exact) mass is 278 g/mol. The number of aryl methyl sites for hydroxylation is 1. The van der Waals surface area contributed by atoms with Gasteiger partial charge in [0.1, 0.15) is 5.69 Å². The Labute approximate surface area is 122 Å². The van der Waals surface area contributed by atoms with E-state index in [-0.39, 0.29) is 5.78 Å².